The number of carboxylic acid groups (broad SMARTS) is 1. The van der Waals surface area contributed by atoms with E-state index in [1.165, 1.54) is 30.6 Å². The molecule has 1 radical (unpaired) electrons. The van der Waals surface area contributed by atoms with Crippen LogP contribution in [0.15, 0.2) is 36.4 Å². The van der Waals surface area contributed by atoms with E-state index in [4.69, 9.17) is 15.1 Å². The molecule has 2 aromatic carbocycles. The fraction of sp³-hybridized carbons (Fsp3) is 0.300. The third kappa shape index (κ3) is 3.67. The number of rotatable bonds is 5. The summed E-state index contributed by atoms with van der Waals surface area (Å²) < 4.78 is 11.2. The van der Waals surface area contributed by atoms with E-state index in [0.717, 1.165) is 0 Å². The third-order valence-corrected chi connectivity index (χ3v) is 5.22. The molecule has 2 aromatic rings. The average molecular weight is 411 g/mol. The summed E-state index contributed by atoms with van der Waals surface area (Å²) in [4.78, 5) is 25.8. The van der Waals surface area contributed by atoms with E-state index in [2.05, 4.69) is 0 Å². The zero-order valence-electron chi connectivity index (χ0n) is 15.9. The van der Waals surface area contributed by atoms with Gasteiger partial charge in [-0.3, -0.25) is 4.79 Å². The molecule has 2 atom stereocenters. The van der Waals surface area contributed by atoms with Crippen molar-refractivity contribution in [2.75, 3.05) is 13.1 Å². The maximum atomic E-state index is 12.5. The lowest BCUT2D eigenvalue weighted by Gasteiger charge is -2.40. The van der Waals surface area contributed by atoms with Crippen molar-refractivity contribution < 1.29 is 34.3 Å². The van der Waals surface area contributed by atoms with Crippen molar-refractivity contribution in [3.63, 3.8) is 0 Å². The van der Waals surface area contributed by atoms with Crippen molar-refractivity contribution in [2.45, 2.75) is 24.6 Å². The molecule has 1 saturated heterocycles. The minimum Gasteiger partial charge on any atom is -0.562 e. The van der Waals surface area contributed by atoms with Gasteiger partial charge in [0.05, 0.1) is 19.2 Å². The number of hydrogen-bond acceptors (Lipinski definition) is 7. The van der Waals surface area contributed by atoms with Crippen molar-refractivity contribution in [3.05, 3.63) is 53.1 Å². The zero-order chi connectivity index (χ0) is 21.4. The van der Waals surface area contributed by atoms with E-state index in [1.54, 1.807) is 18.2 Å². The second kappa shape index (κ2) is 7.89. The van der Waals surface area contributed by atoms with Crippen LogP contribution in [-0.4, -0.2) is 58.8 Å². The van der Waals surface area contributed by atoms with Crippen LogP contribution in [0, 0.1) is 0 Å². The monoisotopic (exact) mass is 411 g/mol. The van der Waals surface area contributed by atoms with Crippen LogP contribution in [-0.2, 0) is 4.79 Å². The number of carbonyl (C=O) groups is 2. The van der Waals surface area contributed by atoms with Crippen LogP contribution in [0.4, 0.5) is 0 Å². The van der Waals surface area contributed by atoms with Crippen LogP contribution in [0.2, 0.25) is 6.32 Å². The molecule has 2 heterocycles. The average Bonchev–Trinajstić information content (AvgIpc) is 2.69. The molecule has 1 fully saturated rings. The van der Waals surface area contributed by atoms with Crippen LogP contribution in [0.1, 0.15) is 33.6 Å². The van der Waals surface area contributed by atoms with Crippen molar-refractivity contribution in [1.29, 1.82) is 0 Å². The van der Waals surface area contributed by atoms with Gasteiger partial charge in [-0.2, -0.15) is 0 Å². The number of amides is 1. The number of carboxylic acids is 1. The fourth-order valence-electron chi connectivity index (χ4n) is 3.51. The number of phenols is 1. The predicted octanol–water partition coefficient (Wildman–Crippen LogP) is 0.843. The summed E-state index contributed by atoms with van der Waals surface area (Å²) in [5, 5.41) is 29.0. The summed E-state index contributed by atoms with van der Waals surface area (Å²) in [5.41, 5.74) is 6.83. The lowest BCUT2D eigenvalue weighted by Crippen LogP contribution is -2.58. The summed E-state index contributed by atoms with van der Waals surface area (Å²) >= 11 is 0. The maximum absolute atomic E-state index is 12.5. The number of nitrogens with two attached hydrogens (primary N) is 1. The van der Waals surface area contributed by atoms with Gasteiger partial charge in [0, 0.05) is 5.56 Å². The molecule has 10 heteroatoms. The summed E-state index contributed by atoms with van der Waals surface area (Å²) in [6.07, 6.45) is -0.957. The van der Waals surface area contributed by atoms with E-state index in [9.17, 15) is 24.9 Å². The molecule has 0 bridgehead atoms. The van der Waals surface area contributed by atoms with E-state index in [0.29, 0.717) is 11.1 Å². The number of ether oxygens (including phenoxy) is 1. The van der Waals surface area contributed by atoms with Crippen LogP contribution >= 0.6 is 0 Å². The molecule has 9 nitrogen and oxygen atoms in total. The van der Waals surface area contributed by atoms with E-state index in [1.807, 2.05) is 0 Å². The first-order chi connectivity index (χ1) is 14.3. The summed E-state index contributed by atoms with van der Waals surface area (Å²) in [6, 6.07) is 8.31. The molecule has 0 aliphatic carbocycles. The van der Waals surface area contributed by atoms with Crippen molar-refractivity contribution in [2.24, 2.45) is 5.73 Å². The summed E-state index contributed by atoms with van der Waals surface area (Å²) in [7, 11) is 1.36. The Morgan fingerprint density at radius 2 is 1.90 bits per heavy atom. The molecule has 4 rings (SSSR count). The lowest BCUT2D eigenvalue weighted by atomic mass is 9.83. The molecular formula is C20H20BN2O7. The second-order valence-corrected chi connectivity index (χ2v) is 7.25. The lowest BCUT2D eigenvalue weighted by molar-refractivity contribution is -0.141. The Morgan fingerprint density at radius 3 is 2.57 bits per heavy atom. The largest absolute Gasteiger partial charge is 0.562 e. The van der Waals surface area contributed by atoms with Crippen LogP contribution in [0.3, 0.4) is 0 Å². The number of likely N-dealkylation sites (tertiary alicyclic amines) is 1. The Hall–Kier alpha value is -3.24. The summed E-state index contributed by atoms with van der Waals surface area (Å²) in [6.45, 7) is 0.521. The minimum absolute atomic E-state index is 0.0698. The van der Waals surface area contributed by atoms with Gasteiger partial charge in [-0.05, 0) is 36.1 Å². The highest BCUT2D eigenvalue weighted by Crippen LogP contribution is 2.40. The van der Waals surface area contributed by atoms with Gasteiger partial charge in [-0.25, -0.2) is 4.79 Å². The Morgan fingerprint density at radius 1 is 1.20 bits per heavy atom. The van der Waals surface area contributed by atoms with Gasteiger partial charge in [-0.15, -0.1) is 0 Å². The molecule has 2 aliphatic rings. The standard InChI is InChI=1S/C20H20BN2O7/c22-17(10-1-3-11(24)4-2-10)19(26)23-8-12(9-23)29-15-6-5-13-14(25)7-21-30-18(13)16(15)20(27)28/h1-6,12,14,17,24-25H,7-9,22H2,(H,27,28). The highest BCUT2D eigenvalue weighted by Gasteiger charge is 2.37. The summed E-state index contributed by atoms with van der Waals surface area (Å²) in [5.74, 6) is -1.25. The van der Waals surface area contributed by atoms with Gasteiger partial charge in [0.25, 0.3) is 0 Å². The highest BCUT2D eigenvalue weighted by molar-refractivity contribution is 6.29. The number of hydrogen-bond donors (Lipinski definition) is 4. The molecule has 2 unspecified atom stereocenters. The van der Waals surface area contributed by atoms with Gasteiger partial charge in [-0.1, -0.05) is 12.1 Å². The number of carbonyl (C=O) groups excluding carboxylic acids is 1. The van der Waals surface area contributed by atoms with Crippen LogP contribution < -0.4 is 15.1 Å². The molecule has 0 saturated carbocycles. The Labute approximate surface area is 172 Å². The first-order valence-electron chi connectivity index (χ1n) is 9.41. The Kier molecular flexibility index (Phi) is 5.27. The number of aromatic hydroxyl groups is 1. The number of phenolic OH excluding ortho intramolecular Hbond substituents is 1. The number of benzene rings is 2. The van der Waals surface area contributed by atoms with E-state index >= 15 is 0 Å². The number of fused-ring (bicyclic) bond motifs is 1. The van der Waals surface area contributed by atoms with Crippen molar-refractivity contribution in [1.82, 2.24) is 4.90 Å². The highest BCUT2D eigenvalue weighted by atomic mass is 16.5. The quantitative estimate of drug-likeness (QED) is 0.531. The predicted molar refractivity (Wildman–Crippen MR) is 106 cm³/mol. The first kappa shape index (κ1) is 20.1. The smallest absolute Gasteiger partial charge is 0.372 e. The topological polar surface area (TPSA) is 143 Å². The molecule has 0 spiro atoms. The van der Waals surface area contributed by atoms with Gasteiger partial charge in [0.15, 0.2) is 0 Å². The third-order valence-electron chi connectivity index (χ3n) is 5.22. The van der Waals surface area contributed by atoms with Gasteiger partial charge in [0.1, 0.15) is 35.0 Å². The number of aromatic carboxylic acids is 1. The second-order valence-electron chi connectivity index (χ2n) is 7.25. The van der Waals surface area contributed by atoms with Gasteiger partial charge < -0.3 is 35.3 Å². The molecule has 0 aromatic heterocycles. The van der Waals surface area contributed by atoms with Crippen molar-refractivity contribution in [3.8, 4) is 17.2 Å². The number of aliphatic hydroxyl groups is 1. The Balaban J connectivity index is 1.43. The van der Waals surface area contributed by atoms with E-state index in [-0.39, 0.29) is 48.1 Å². The SMILES string of the molecule is NC(C(=O)N1CC(Oc2ccc3c(c2C(=O)O)O[B]CC3O)C1)c1ccc(O)cc1. The fourth-order valence-corrected chi connectivity index (χ4v) is 3.51. The van der Waals surface area contributed by atoms with Crippen molar-refractivity contribution >= 4 is 19.4 Å². The zero-order valence-corrected chi connectivity index (χ0v) is 15.9. The molecule has 5 N–H and O–H groups in total. The number of aliphatic hydroxyl groups excluding tert-OH is 1. The van der Waals surface area contributed by atoms with Crippen LogP contribution in [0.25, 0.3) is 0 Å². The van der Waals surface area contributed by atoms with Gasteiger partial charge in [0.2, 0.25) is 5.91 Å². The van der Waals surface area contributed by atoms with Gasteiger partial charge >= 0.3 is 13.5 Å². The Bertz CT molecular complexity index is 976. The molecule has 30 heavy (non-hydrogen) atoms. The molecule has 2 aliphatic heterocycles. The maximum Gasteiger partial charge on any atom is 0.372 e. The van der Waals surface area contributed by atoms with Crippen LogP contribution in [0.5, 0.6) is 17.2 Å². The number of nitrogens with zero attached hydrogens (tertiary/aromatic N) is 1. The minimum atomic E-state index is -1.23. The molecular weight excluding hydrogens is 391 g/mol. The van der Waals surface area contributed by atoms with E-state index < -0.39 is 24.2 Å². The molecule has 155 valence electrons. The normalized spacial score (nSPS) is 19.0. The molecule has 1 amide bonds. The first-order valence-corrected chi connectivity index (χ1v) is 9.41.